The highest BCUT2D eigenvalue weighted by molar-refractivity contribution is 8.00. The van der Waals surface area contributed by atoms with Crippen molar-refractivity contribution in [3.05, 3.63) is 23.8 Å². The summed E-state index contributed by atoms with van der Waals surface area (Å²) in [5, 5.41) is 8.98. The Morgan fingerprint density at radius 3 is 3.00 bits per heavy atom. The summed E-state index contributed by atoms with van der Waals surface area (Å²) in [6.07, 6.45) is 1.75. The first-order chi connectivity index (χ1) is 8.65. The smallest absolute Gasteiger partial charge is 0.223 e. The van der Waals surface area contributed by atoms with Gasteiger partial charge in [0.2, 0.25) is 5.91 Å². The van der Waals surface area contributed by atoms with Crippen LogP contribution in [0.5, 0.6) is 0 Å². The van der Waals surface area contributed by atoms with Gasteiger partial charge in [-0.2, -0.15) is 5.26 Å². The number of amides is 1. The highest BCUT2D eigenvalue weighted by Crippen LogP contribution is 2.33. The largest absolute Gasteiger partial charge is 0.312 e. The molecule has 94 valence electrons. The highest BCUT2D eigenvalue weighted by Gasteiger charge is 2.22. The average Bonchev–Trinajstić information content (AvgIpc) is 2.78. The number of hydrogen-bond acceptors (Lipinski definition) is 3. The third-order valence-electron chi connectivity index (χ3n) is 3.12. The average molecular weight is 260 g/mol. The fourth-order valence-corrected chi connectivity index (χ4v) is 3.05. The molecule has 0 saturated heterocycles. The second-order valence-corrected chi connectivity index (χ2v) is 5.63. The molecule has 1 amide bonds. The van der Waals surface area contributed by atoms with Gasteiger partial charge in [-0.05, 0) is 36.6 Å². The summed E-state index contributed by atoms with van der Waals surface area (Å²) < 4.78 is 0. The zero-order valence-corrected chi connectivity index (χ0v) is 11.5. The van der Waals surface area contributed by atoms with Crippen LogP contribution in [0.4, 0.5) is 5.69 Å². The van der Waals surface area contributed by atoms with Crippen molar-refractivity contribution >= 4 is 23.4 Å². The molecule has 1 unspecified atom stereocenters. The lowest BCUT2D eigenvalue weighted by Gasteiger charge is -2.15. The first-order valence-corrected chi connectivity index (χ1v) is 7.01. The van der Waals surface area contributed by atoms with Gasteiger partial charge in [-0.25, -0.2) is 0 Å². The van der Waals surface area contributed by atoms with Crippen molar-refractivity contribution in [2.24, 2.45) is 0 Å². The van der Waals surface area contributed by atoms with Gasteiger partial charge >= 0.3 is 0 Å². The van der Waals surface area contributed by atoms with E-state index in [2.05, 4.69) is 12.1 Å². The van der Waals surface area contributed by atoms with E-state index in [1.54, 1.807) is 18.7 Å². The molecular weight excluding hydrogens is 244 g/mol. The number of hydrogen-bond donors (Lipinski definition) is 0. The molecule has 0 fully saturated rings. The van der Waals surface area contributed by atoms with Crippen molar-refractivity contribution in [3.8, 4) is 6.07 Å². The van der Waals surface area contributed by atoms with E-state index in [0.29, 0.717) is 0 Å². The second-order valence-electron chi connectivity index (χ2n) is 4.36. The molecular formula is C14H16N2OS. The van der Waals surface area contributed by atoms with Gasteiger partial charge in [0, 0.05) is 24.1 Å². The van der Waals surface area contributed by atoms with Crippen molar-refractivity contribution in [3.63, 3.8) is 0 Å². The van der Waals surface area contributed by atoms with Crippen molar-refractivity contribution in [2.75, 3.05) is 11.4 Å². The molecule has 1 atom stereocenters. The zero-order chi connectivity index (χ0) is 13.1. The number of thioether (sulfide) groups is 1. The Kier molecular flexibility index (Phi) is 3.93. The predicted octanol–water partition coefficient (Wildman–Crippen LogP) is 2.99. The fraction of sp³-hybridized carbons (Fsp3) is 0.429. The van der Waals surface area contributed by atoms with Crippen LogP contribution in [0.25, 0.3) is 0 Å². The SMILES string of the molecule is CCC(C#N)Sc1ccc2c(c1)CCN2C(C)=O. The molecule has 0 saturated carbocycles. The molecule has 0 radical (unpaired) electrons. The Hall–Kier alpha value is -1.47. The molecule has 3 nitrogen and oxygen atoms in total. The van der Waals surface area contributed by atoms with E-state index in [-0.39, 0.29) is 11.2 Å². The monoisotopic (exact) mass is 260 g/mol. The van der Waals surface area contributed by atoms with Crippen LogP contribution in [0.15, 0.2) is 23.1 Å². The minimum Gasteiger partial charge on any atom is -0.312 e. The van der Waals surface area contributed by atoms with Gasteiger partial charge in [-0.3, -0.25) is 4.79 Å². The van der Waals surface area contributed by atoms with Crippen LogP contribution >= 0.6 is 11.8 Å². The number of benzene rings is 1. The highest BCUT2D eigenvalue weighted by atomic mass is 32.2. The lowest BCUT2D eigenvalue weighted by atomic mass is 10.2. The van der Waals surface area contributed by atoms with Gasteiger partial charge in [0.05, 0.1) is 11.3 Å². The molecule has 18 heavy (non-hydrogen) atoms. The Morgan fingerprint density at radius 2 is 2.39 bits per heavy atom. The summed E-state index contributed by atoms with van der Waals surface area (Å²) in [5.74, 6) is 0.0950. The van der Waals surface area contributed by atoms with Gasteiger partial charge in [0.25, 0.3) is 0 Å². The maximum absolute atomic E-state index is 11.4. The first kappa shape index (κ1) is 13.0. The van der Waals surface area contributed by atoms with E-state index in [0.717, 1.165) is 30.0 Å². The van der Waals surface area contributed by atoms with E-state index >= 15 is 0 Å². The van der Waals surface area contributed by atoms with E-state index in [4.69, 9.17) is 5.26 Å². The molecule has 0 spiro atoms. The van der Waals surface area contributed by atoms with Gasteiger partial charge < -0.3 is 4.90 Å². The minimum atomic E-state index is 0.00774. The van der Waals surface area contributed by atoms with Crippen molar-refractivity contribution in [1.82, 2.24) is 0 Å². The van der Waals surface area contributed by atoms with Crippen molar-refractivity contribution in [2.45, 2.75) is 36.8 Å². The number of anilines is 1. The van der Waals surface area contributed by atoms with Crippen LogP contribution in [0.2, 0.25) is 0 Å². The van der Waals surface area contributed by atoms with Gasteiger partial charge in [-0.1, -0.05) is 6.92 Å². The maximum atomic E-state index is 11.4. The van der Waals surface area contributed by atoms with Crippen LogP contribution in [0.1, 0.15) is 25.8 Å². The number of rotatable bonds is 3. The van der Waals surface area contributed by atoms with Gasteiger partial charge in [-0.15, -0.1) is 11.8 Å². The Balaban J connectivity index is 2.20. The topological polar surface area (TPSA) is 44.1 Å². The van der Waals surface area contributed by atoms with E-state index in [1.165, 1.54) is 5.56 Å². The summed E-state index contributed by atoms with van der Waals surface area (Å²) >= 11 is 1.60. The standard InChI is InChI=1S/C14H16N2OS/c1-3-12(9-15)18-13-4-5-14-11(8-13)6-7-16(14)10(2)17/h4-5,8,12H,3,6-7H2,1-2H3. The molecule has 0 N–H and O–H groups in total. The van der Waals surface area contributed by atoms with Crippen LogP contribution in [-0.4, -0.2) is 17.7 Å². The summed E-state index contributed by atoms with van der Waals surface area (Å²) in [6, 6.07) is 8.41. The molecule has 4 heteroatoms. The number of carbonyl (C=O) groups excluding carboxylic acids is 1. The summed E-state index contributed by atoms with van der Waals surface area (Å²) in [6.45, 7) is 4.39. The lowest BCUT2D eigenvalue weighted by molar-refractivity contribution is -0.116. The van der Waals surface area contributed by atoms with Gasteiger partial charge in [0.15, 0.2) is 0 Å². The normalized spacial score (nSPS) is 15.1. The summed E-state index contributed by atoms with van der Waals surface area (Å²) in [4.78, 5) is 14.4. The Labute approximate surface area is 112 Å². The third-order valence-corrected chi connectivity index (χ3v) is 4.37. The van der Waals surface area contributed by atoms with Crippen LogP contribution < -0.4 is 4.90 Å². The first-order valence-electron chi connectivity index (χ1n) is 6.13. The number of nitrogens with zero attached hydrogens (tertiary/aromatic N) is 2. The fourth-order valence-electron chi connectivity index (χ4n) is 2.14. The Bertz CT molecular complexity index is 507. The third kappa shape index (κ3) is 2.51. The van der Waals surface area contributed by atoms with Crippen LogP contribution in [-0.2, 0) is 11.2 Å². The number of carbonyl (C=O) groups is 1. The lowest BCUT2D eigenvalue weighted by Crippen LogP contribution is -2.25. The molecule has 0 bridgehead atoms. The molecule has 0 aromatic heterocycles. The van der Waals surface area contributed by atoms with Crippen molar-refractivity contribution in [1.29, 1.82) is 5.26 Å². The van der Waals surface area contributed by atoms with E-state index in [9.17, 15) is 4.79 Å². The van der Waals surface area contributed by atoms with E-state index < -0.39 is 0 Å². The molecule has 1 heterocycles. The summed E-state index contributed by atoms with van der Waals surface area (Å²) in [7, 11) is 0. The molecule has 1 aliphatic heterocycles. The summed E-state index contributed by atoms with van der Waals surface area (Å²) in [5.41, 5.74) is 2.24. The van der Waals surface area contributed by atoms with Crippen molar-refractivity contribution < 1.29 is 4.79 Å². The molecule has 1 aromatic rings. The van der Waals surface area contributed by atoms with Crippen LogP contribution in [0, 0.1) is 11.3 Å². The Morgan fingerprint density at radius 1 is 1.61 bits per heavy atom. The molecule has 2 rings (SSSR count). The molecule has 1 aliphatic rings. The van der Waals surface area contributed by atoms with E-state index in [1.807, 2.05) is 24.0 Å². The van der Waals surface area contributed by atoms with Crippen LogP contribution in [0.3, 0.4) is 0 Å². The predicted molar refractivity (Wildman–Crippen MR) is 73.7 cm³/mol. The second kappa shape index (κ2) is 5.45. The molecule has 1 aromatic carbocycles. The number of nitriles is 1. The quantitative estimate of drug-likeness (QED) is 0.785. The molecule has 0 aliphatic carbocycles. The number of fused-ring (bicyclic) bond motifs is 1. The zero-order valence-electron chi connectivity index (χ0n) is 10.6. The maximum Gasteiger partial charge on any atom is 0.223 e. The minimum absolute atomic E-state index is 0.00774. The van der Waals surface area contributed by atoms with Gasteiger partial charge in [0.1, 0.15) is 0 Å².